The lowest BCUT2D eigenvalue weighted by Gasteiger charge is -2.07. The van der Waals surface area contributed by atoms with Gasteiger partial charge in [-0.3, -0.25) is 9.36 Å². The highest BCUT2D eigenvalue weighted by Crippen LogP contribution is 2.12. The summed E-state index contributed by atoms with van der Waals surface area (Å²) in [4.78, 5) is 16.1. The summed E-state index contributed by atoms with van der Waals surface area (Å²) in [7, 11) is 0. The zero-order chi connectivity index (χ0) is 13.3. The number of benzene rings is 1. The predicted octanol–water partition coefficient (Wildman–Crippen LogP) is 1.93. The third-order valence-corrected chi connectivity index (χ3v) is 3.82. The molecule has 0 saturated heterocycles. The second-order valence-corrected chi connectivity index (χ2v) is 5.01. The minimum Gasteiger partial charge on any atom is -0.396 e. The molecule has 94 valence electrons. The van der Waals surface area contributed by atoms with Crippen LogP contribution in [0, 0.1) is 16.3 Å². The van der Waals surface area contributed by atoms with Gasteiger partial charge in [0.2, 0.25) is 0 Å². The van der Waals surface area contributed by atoms with Crippen molar-refractivity contribution in [3.8, 4) is 0 Å². The summed E-state index contributed by atoms with van der Waals surface area (Å²) in [5.74, 6) is -0.477. The van der Waals surface area contributed by atoms with E-state index >= 15 is 0 Å². The Bertz CT molecular complexity index is 654. The van der Waals surface area contributed by atoms with Crippen molar-refractivity contribution in [2.45, 2.75) is 13.5 Å². The Morgan fingerprint density at radius 3 is 2.89 bits per heavy atom. The van der Waals surface area contributed by atoms with Gasteiger partial charge in [0.1, 0.15) is 5.82 Å². The normalized spacial score (nSPS) is 10.6. The quantitative estimate of drug-likeness (QED) is 0.659. The van der Waals surface area contributed by atoms with Crippen LogP contribution in [0.2, 0.25) is 0 Å². The number of halogens is 2. The molecule has 1 heterocycles. The van der Waals surface area contributed by atoms with E-state index in [-0.39, 0.29) is 17.8 Å². The van der Waals surface area contributed by atoms with E-state index in [1.807, 2.05) is 22.6 Å². The Balaban J connectivity index is 2.37. The Morgan fingerprint density at radius 1 is 1.50 bits per heavy atom. The molecule has 0 aliphatic rings. The summed E-state index contributed by atoms with van der Waals surface area (Å²) in [6.45, 7) is 2.05. The van der Waals surface area contributed by atoms with E-state index < -0.39 is 5.82 Å². The molecule has 0 radical (unpaired) electrons. The van der Waals surface area contributed by atoms with Gasteiger partial charge in [0.25, 0.3) is 5.56 Å². The molecule has 0 atom stereocenters. The van der Waals surface area contributed by atoms with Crippen LogP contribution in [0.1, 0.15) is 11.3 Å². The van der Waals surface area contributed by atoms with Crippen molar-refractivity contribution in [1.29, 1.82) is 0 Å². The molecular formula is C12H11FIN3O. The van der Waals surface area contributed by atoms with Gasteiger partial charge in [-0.25, -0.2) is 9.37 Å². The Morgan fingerprint density at radius 2 is 2.22 bits per heavy atom. The fourth-order valence-electron chi connectivity index (χ4n) is 1.52. The molecule has 0 bridgehead atoms. The molecule has 2 rings (SSSR count). The highest BCUT2D eigenvalue weighted by molar-refractivity contribution is 14.1. The summed E-state index contributed by atoms with van der Waals surface area (Å²) >= 11 is 1.96. The van der Waals surface area contributed by atoms with E-state index in [1.54, 1.807) is 13.0 Å². The zero-order valence-electron chi connectivity index (χ0n) is 9.65. The molecule has 0 fully saturated rings. The third-order valence-electron chi connectivity index (χ3n) is 2.57. The maximum atomic E-state index is 13.3. The van der Waals surface area contributed by atoms with Crippen molar-refractivity contribution in [3.05, 3.63) is 55.5 Å². The number of nitrogen functional groups attached to an aromatic ring is 1. The van der Waals surface area contributed by atoms with Gasteiger partial charge in [0.05, 0.1) is 27.8 Å². The average molecular weight is 359 g/mol. The second-order valence-electron chi connectivity index (χ2n) is 3.93. The largest absolute Gasteiger partial charge is 0.396 e. The zero-order valence-corrected chi connectivity index (χ0v) is 11.8. The topological polar surface area (TPSA) is 60.9 Å². The summed E-state index contributed by atoms with van der Waals surface area (Å²) in [6, 6.07) is 4.51. The molecule has 1 aromatic carbocycles. The van der Waals surface area contributed by atoms with Crippen LogP contribution in [0.15, 0.2) is 29.3 Å². The van der Waals surface area contributed by atoms with Crippen molar-refractivity contribution in [3.63, 3.8) is 0 Å². The first kappa shape index (κ1) is 13.0. The minimum absolute atomic E-state index is 0.0997. The molecule has 0 amide bonds. The number of aryl methyl sites for hydroxylation is 1. The van der Waals surface area contributed by atoms with Crippen molar-refractivity contribution < 1.29 is 4.39 Å². The van der Waals surface area contributed by atoms with Gasteiger partial charge < -0.3 is 5.73 Å². The summed E-state index contributed by atoms with van der Waals surface area (Å²) in [6.07, 6.45) is 1.47. The van der Waals surface area contributed by atoms with Gasteiger partial charge in [0.15, 0.2) is 0 Å². The van der Waals surface area contributed by atoms with E-state index in [4.69, 9.17) is 5.73 Å². The first-order valence-corrected chi connectivity index (χ1v) is 6.32. The lowest BCUT2D eigenvalue weighted by atomic mass is 10.2. The predicted molar refractivity (Wildman–Crippen MR) is 75.9 cm³/mol. The van der Waals surface area contributed by atoms with Crippen LogP contribution < -0.4 is 11.3 Å². The van der Waals surface area contributed by atoms with E-state index in [1.165, 1.54) is 23.0 Å². The molecule has 2 N–H and O–H groups in total. The van der Waals surface area contributed by atoms with Crippen LogP contribution in [-0.2, 0) is 6.54 Å². The van der Waals surface area contributed by atoms with Gasteiger partial charge in [0, 0.05) is 0 Å². The fraction of sp³-hybridized carbons (Fsp3) is 0.167. The molecule has 0 spiro atoms. The minimum atomic E-state index is -0.477. The number of aromatic nitrogens is 2. The molecule has 0 unspecified atom stereocenters. The van der Waals surface area contributed by atoms with Gasteiger partial charge in [-0.2, -0.15) is 0 Å². The maximum absolute atomic E-state index is 13.3. The molecule has 0 aliphatic carbocycles. The van der Waals surface area contributed by atoms with Crippen molar-refractivity contribution in [1.82, 2.24) is 9.55 Å². The molecule has 0 aliphatic heterocycles. The number of nitrogens with two attached hydrogens (primary N) is 1. The Hall–Kier alpha value is -1.44. The highest BCUT2D eigenvalue weighted by atomic mass is 127. The number of nitrogens with zero attached hydrogens (tertiary/aromatic N) is 2. The summed E-state index contributed by atoms with van der Waals surface area (Å²) < 4.78 is 15.3. The molecule has 1 aromatic heterocycles. The van der Waals surface area contributed by atoms with Crippen LogP contribution in [0.4, 0.5) is 10.1 Å². The average Bonchev–Trinajstić information content (AvgIpc) is 2.34. The second kappa shape index (κ2) is 5.05. The van der Waals surface area contributed by atoms with Crippen molar-refractivity contribution in [2.24, 2.45) is 0 Å². The molecule has 0 saturated carbocycles. The standard InChI is InChI=1S/C12H11FIN3O/c1-7-11(14)12(18)17(6-16-7)5-8-2-3-10(15)9(13)4-8/h2-4,6H,5,15H2,1H3. The van der Waals surface area contributed by atoms with E-state index in [9.17, 15) is 9.18 Å². The number of hydrogen-bond donors (Lipinski definition) is 1. The summed E-state index contributed by atoms with van der Waals surface area (Å²) in [5, 5.41) is 0. The Kier molecular flexibility index (Phi) is 3.65. The van der Waals surface area contributed by atoms with Crippen molar-refractivity contribution >= 4 is 28.3 Å². The first-order valence-electron chi connectivity index (χ1n) is 5.24. The lowest BCUT2D eigenvalue weighted by molar-refractivity contribution is 0.626. The van der Waals surface area contributed by atoms with E-state index in [2.05, 4.69) is 4.98 Å². The maximum Gasteiger partial charge on any atom is 0.267 e. The SMILES string of the molecule is Cc1ncn(Cc2ccc(N)c(F)c2)c(=O)c1I. The molecule has 18 heavy (non-hydrogen) atoms. The number of anilines is 1. The van der Waals surface area contributed by atoms with Crippen LogP contribution in [-0.4, -0.2) is 9.55 Å². The first-order chi connectivity index (χ1) is 8.49. The molecule has 2 aromatic rings. The lowest BCUT2D eigenvalue weighted by Crippen LogP contribution is -2.24. The van der Waals surface area contributed by atoms with Gasteiger partial charge in [-0.1, -0.05) is 6.07 Å². The Labute approximate surface area is 117 Å². The van der Waals surface area contributed by atoms with Crippen LogP contribution in [0.25, 0.3) is 0 Å². The number of rotatable bonds is 2. The fourth-order valence-corrected chi connectivity index (χ4v) is 1.97. The van der Waals surface area contributed by atoms with E-state index in [0.717, 1.165) is 0 Å². The van der Waals surface area contributed by atoms with Gasteiger partial charge in [-0.15, -0.1) is 0 Å². The number of hydrogen-bond acceptors (Lipinski definition) is 3. The smallest absolute Gasteiger partial charge is 0.267 e. The summed E-state index contributed by atoms with van der Waals surface area (Å²) in [5.41, 5.74) is 6.74. The third kappa shape index (κ3) is 2.53. The molecule has 4 nitrogen and oxygen atoms in total. The van der Waals surface area contributed by atoms with Crippen LogP contribution in [0.5, 0.6) is 0 Å². The highest BCUT2D eigenvalue weighted by Gasteiger charge is 2.07. The van der Waals surface area contributed by atoms with Gasteiger partial charge >= 0.3 is 0 Å². The molecule has 6 heteroatoms. The molecular weight excluding hydrogens is 348 g/mol. The van der Waals surface area contributed by atoms with Gasteiger partial charge in [-0.05, 0) is 47.2 Å². The monoisotopic (exact) mass is 359 g/mol. The van der Waals surface area contributed by atoms with Crippen molar-refractivity contribution in [2.75, 3.05) is 5.73 Å². The van der Waals surface area contributed by atoms with Crippen LogP contribution in [0.3, 0.4) is 0 Å². The van der Waals surface area contributed by atoms with E-state index in [0.29, 0.717) is 14.8 Å². The van der Waals surface area contributed by atoms with Crippen LogP contribution >= 0.6 is 22.6 Å².